The molecular formula is C13H17FN2O2. The van der Waals surface area contributed by atoms with Crippen molar-refractivity contribution in [2.45, 2.75) is 39.2 Å². The van der Waals surface area contributed by atoms with Gasteiger partial charge >= 0.3 is 0 Å². The number of nitrogens with zero attached hydrogens (tertiary/aromatic N) is 1. The average molecular weight is 252 g/mol. The lowest BCUT2D eigenvalue weighted by Gasteiger charge is -2.28. The molecule has 0 bridgehead atoms. The molecule has 1 fully saturated rings. The van der Waals surface area contributed by atoms with Crippen LogP contribution in [0.2, 0.25) is 0 Å². The van der Waals surface area contributed by atoms with Crippen molar-refractivity contribution in [1.29, 1.82) is 0 Å². The Kier molecular flexibility index (Phi) is 3.24. The topological polar surface area (TPSA) is 55.2 Å². The fourth-order valence-electron chi connectivity index (χ4n) is 2.56. The fraction of sp³-hybridized carbons (Fsp3) is 0.538. The lowest BCUT2D eigenvalue weighted by atomic mass is 9.87. The molecule has 1 N–H and O–H groups in total. The minimum atomic E-state index is -0.581. The van der Waals surface area contributed by atoms with Crippen molar-refractivity contribution >= 4 is 11.4 Å². The van der Waals surface area contributed by atoms with Crippen molar-refractivity contribution in [2.75, 3.05) is 5.32 Å². The number of nitro groups is 1. The minimum Gasteiger partial charge on any atom is -0.381 e. The molecule has 1 atom stereocenters. The van der Waals surface area contributed by atoms with Gasteiger partial charge in [0.1, 0.15) is 5.82 Å². The third-order valence-electron chi connectivity index (χ3n) is 3.69. The molecule has 0 spiro atoms. The lowest BCUT2D eigenvalue weighted by molar-refractivity contribution is -0.385. The van der Waals surface area contributed by atoms with E-state index in [1.165, 1.54) is 12.1 Å². The summed E-state index contributed by atoms with van der Waals surface area (Å²) < 4.78 is 13.3. The third kappa shape index (κ3) is 2.60. The largest absolute Gasteiger partial charge is 0.381 e. The molecule has 2 rings (SSSR count). The molecule has 1 unspecified atom stereocenters. The summed E-state index contributed by atoms with van der Waals surface area (Å²) in [7, 11) is 0. The number of non-ortho nitro benzene ring substituents is 1. The molecule has 18 heavy (non-hydrogen) atoms. The van der Waals surface area contributed by atoms with Crippen LogP contribution >= 0.6 is 0 Å². The number of nitrogens with one attached hydrogen (secondary N) is 1. The van der Waals surface area contributed by atoms with Gasteiger partial charge in [-0.3, -0.25) is 10.1 Å². The summed E-state index contributed by atoms with van der Waals surface area (Å²) in [5.74, 6) is -0.581. The molecule has 4 nitrogen and oxygen atoms in total. The normalized spacial score (nSPS) is 21.8. The molecule has 1 aliphatic carbocycles. The summed E-state index contributed by atoms with van der Waals surface area (Å²) in [6.45, 7) is 4.32. The van der Waals surface area contributed by atoms with Gasteiger partial charge in [0, 0.05) is 17.8 Å². The summed E-state index contributed by atoms with van der Waals surface area (Å²) in [6, 6.07) is 3.86. The molecule has 0 aliphatic heterocycles. The summed E-state index contributed by atoms with van der Waals surface area (Å²) >= 11 is 0. The van der Waals surface area contributed by atoms with Gasteiger partial charge < -0.3 is 5.32 Å². The highest BCUT2D eigenvalue weighted by Gasteiger charge is 2.34. The second kappa shape index (κ2) is 4.55. The van der Waals surface area contributed by atoms with Crippen LogP contribution in [-0.4, -0.2) is 11.0 Å². The Morgan fingerprint density at radius 3 is 2.72 bits per heavy atom. The highest BCUT2D eigenvalue weighted by molar-refractivity contribution is 5.52. The minimum absolute atomic E-state index is 0.140. The zero-order valence-corrected chi connectivity index (χ0v) is 10.6. The number of nitro benzene ring substituents is 1. The zero-order valence-electron chi connectivity index (χ0n) is 10.6. The van der Waals surface area contributed by atoms with E-state index in [-0.39, 0.29) is 17.1 Å². The van der Waals surface area contributed by atoms with E-state index in [0.29, 0.717) is 5.69 Å². The van der Waals surface area contributed by atoms with Crippen LogP contribution in [0.3, 0.4) is 0 Å². The third-order valence-corrected chi connectivity index (χ3v) is 3.69. The van der Waals surface area contributed by atoms with Crippen molar-refractivity contribution < 1.29 is 9.31 Å². The molecule has 0 heterocycles. The SMILES string of the molecule is CC1(C)CCCC1Nc1cc(F)cc([N+](=O)[O-])c1. The monoisotopic (exact) mass is 252 g/mol. The van der Waals surface area contributed by atoms with Crippen LogP contribution in [0.25, 0.3) is 0 Å². The van der Waals surface area contributed by atoms with E-state index in [2.05, 4.69) is 19.2 Å². The lowest BCUT2D eigenvalue weighted by Crippen LogP contribution is -2.30. The van der Waals surface area contributed by atoms with Crippen molar-refractivity contribution in [2.24, 2.45) is 5.41 Å². The molecule has 98 valence electrons. The molecule has 1 aromatic rings. The van der Waals surface area contributed by atoms with Gasteiger partial charge in [-0.15, -0.1) is 0 Å². The number of halogens is 1. The molecule has 1 saturated carbocycles. The smallest absolute Gasteiger partial charge is 0.274 e. The van der Waals surface area contributed by atoms with E-state index in [1.54, 1.807) is 0 Å². The molecule has 5 heteroatoms. The van der Waals surface area contributed by atoms with Gasteiger partial charge in [0.25, 0.3) is 5.69 Å². The zero-order chi connectivity index (χ0) is 13.3. The number of hydrogen-bond donors (Lipinski definition) is 1. The Balaban J connectivity index is 2.21. The Labute approximate surface area is 105 Å². The second-order valence-electron chi connectivity index (χ2n) is 5.53. The van der Waals surface area contributed by atoms with Crippen molar-refractivity contribution in [3.8, 4) is 0 Å². The molecular weight excluding hydrogens is 235 g/mol. The van der Waals surface area contributed by atoms with E-state index in [1.807, 2.05) is 0 Å². The first-order valence-electron chi connectivity index (χ1n) is 6.10. The maximum Gasteiger partial charge on any atom is 0.274 e. The average Bonchev–Trinajstić information content (AvgIpc) is 2.57. The van der Waals surface area contributed by atoms with Gasteiger partial charge in [0.15, 0.2) is 0 Å². The number of anilines is 1. The quantitative estimate of drug-likeness (QED) is 0.658. The number of benzene rings is 1. The molecule has 1 aliphatic rings. The summed E-state index contributed by atoms with van der Waals surface area (Å²) in [6.07, 6.45) is 3.25. The van der Waals surface area contributed by atoms with Crippen LogP contribution in [0.1, 0.15) is 33.1 Å². The molecule has 0 aromatic heterocycles. The predicted molar refractivity (Wildman–Crippen MR) is 68.1 cm³/mol. The molecule has 0 saturated heterocycles. The van der Waals surface area contributed by atoms with Crippen LogP contribution < -0.4 is 5.32 Å². The Morgan fingerprint density at radius 1 is 1.44 bits per heavy atom. The maximum atomic E-state index is 13.3. The van der Waals surface area contributed by atoms with Gasteiger partial charge in [-0.25, -0.2) is 4.39 Å². The van der Waals surface area contributed by atoms with E-state index in [9.17, 15) is 14.5 Å². The highest BCUT2D eigenvalue weighted by Crippen LogP contribution is 2.39. The van der Waals surface area contributed by atoms with E-state index < -0.39 is 10.7 Å². The standard InChI is InChI=1S/C13H17FN2O2/c1-13(2)5-3-4-12(13)15-10-6-9(14)7-11(8-10)16(17)18/h6-8,12,15H,3-5H2,1-2H3. The Morgan fingerprint density at radius 2 is 2.17 bits per heavy atom. The van der Waals surface area contributed by atoms with Gasteiger partial charge in [0.2, 0.25) is 0 Å². The first-order valence-corrected chi connectivity index (χ1v) is 6.10. The van der Waals surface area contributed by atoms with Crippen molar-refractivity contribution in [3.05, 3.63) is 34.1 Å². The van der Waals surface area contributed by atoms with Crippen molar-refractivity contribution in [1.82, 2.24) is 0 Å². The van der Waals surface area contributed by atoms with E-state index >= 15 is 0 Å². The maximum absolute atomic E-state index is 13.3. The van der Waals surface area contributed by atoms with Gasteiger partial charge in [-0.1, -0.05) is 20.3 Å². The van der Waals surface area contributed by atoms with Crippen LogP contribution in [0.4, 0.5) is 15.8 Å². The summed E-state index contributed by atoms with van der Waals surface area (Å²) in [4.78, 5) is 10.1. The summed E-state index contributed by atoms with van der Waals surface area (Å²) in [5.41, 5.74) is 0.413. The number of rotatable bonds is 3. The fourth-order valence-corrected chi connectivity index (χ4v) is 2.56. The molecule has 0 radical (unpaired) electrons. The summed E-state index contributed by atoms with van der Waals surface area (Å²) in [5, 5.41) is 13.9. The van der Waals surface area contributed by atoms with Crippen LogP contribution in [0.5, 0.6) is 0 Å². The first-order chi connectivity index (χ1) is 8.38. The first kappa shape index (κ1) is 12.8. The van der Waals surface area contributed by atoms with Crippen LogP contribution in [0.15, 0.2) is 18.2 Å². The Bertz CT molecular complexity index is 474. The highest BCUT2D eigenvalue weighted by atomic mass is 19.1. The predicted octanol–water partition coefficient (Wildman–Crippen LogP) is 3.72. The molecule has 0 amide bonds. The van der Waals surface area contributed by atoms with Gasteiger partial charge in [-0.2, -0.15) is 0 Å². The van der Waals surface area contributed by atoms with Gasteiger partial charge in [-0.05, 0) is 24.3 Å². The van der Waals surface area contributed by atoms with E-state index in [0.717, 1.165) is 25.3 Å². The second-order valence-corrected chi connectivity index (χ2v) is 5.53. The van der Waals surface area contributed by atoms with E-state index in [4.69, 9.17) is 0 Å². The van der Waals surface area contributed by atoms with Gasteiger partial charge in [0.05, 0.1) is 11.0 Å². The van der Waals surface area contributed by atoms with Crippen LogP contribution in [0, 0.1) is 21.3 Å². The Hall–Kier alpha value is -1.65. The van der Waals surface area contributed by atoms with Crippen molar-refractivity contribution in [3.63, 3.8) is 0 Å². The molecule has 1 aromatic carbocycles. The number of hydrogen-bond acceptors (Lipinski definition) is 3. The van der Waals surface area contributed by atoms with Crippen LogP contribution in [-0.2, 0) is 0 Å².